The number of para-hydroxylation sites is 1. The smallest absolute Gasteiger partial charge is 0.261 e. The van der Waals surface area contributed by atoms with Crippen molar-refractivity contribution in [3.05, 3.63) is 41.3 Å². The van der Waals surface area contributed by atoms with E-state index in [1.54, 1.807) is 11.3 Å². The van der Waals surface area contributed by atoms with E-state index in [1.165, 1.54) is 37.2 Å². The number of nitrogens with zero attached hydrogens (tertiary/aromatic N) is 2. The molecule has 6 heteroatoms. The van der Waals surface area contributed by atoms with Crippen molar-refractivity contribution in [3.8, 4) is 10.4 Å². The Hall–Kier alpha value is -1.89. The van der Waals surface area contributed by atoms with Crippen molar-refractivity contribution in [3.63, 3.8) is 0 Å². The fourth-order valence-electron chi connectivity index (χ4n) is 5.13. The van der Waals surface area contributed by atoms with Crippen LogP contribution in [0.2, 0.25) is 0 Å². The van der Waals surface area contributed by atoms with Gasteiger partial charge in [0.25, 0.3) is 5.91 Å². The minimum atomic E-state index is 0.0794. The number of amides is 1. The number of morpholine rings is 1. The zero-order chi connectivity index (χ0) is 19.8. The first kappa shape index (κ1) is 19.1. The van der Waals surface area contributed by atoms with E-state index in [0.717, 1.165) is 36.1 Å². The van der Waals surface area contributed by atoms with Gasteiger partial charge >= 0.3 is 0 Å². The third-order valence-electron chi connectivity index (χ3n) is 6.83. The molecule has 2 atom stereocenters. The molecule has 0 saturated carbocycles. The van der Waals surface area contributed by atoms with Crippen molar-refractivity contribution in [2.24, 2.45) is 5.92 Å². The predicted octanol–water partition coefficient (Wildman–Crippen LogP) is 3.46. The van der Waals surface area contributed by atoms with Crippen molar-refractivity contribution in [1.82, 2.24) is 10.2 Å². The molecule has 4 saturated heterocycles. The number of nitrogens with one attached hydrogen (secondary N) is 1. The van der Waals surface area contributed by atoms with Gasteiger partial charge in [0.2, 0.25) is 0 Å². The zero-order valence-corrected chi connectivity index (χ0v) is 17.8. The molecule has 29 heavy (non-hydrogen) atoms. The van der Waals surface area contributed by atoms with E-state index >= 15 is 0 Å². The van der Waals surface area contributed by atoms with Gasteiger partial charge in [-0.25, -0.2) is 0 Å². The normalized spacial score (nSPS) is 29.1. The SMILES string of the molecule is C[C@H]1[C@H](NC(=O)c2ccc(-c3ccccc3N3CCOCC3)s2)C2CCN1CC2. The topological polar surface area (TPSA) is 44.8 Å². The van der Waals surface area contributed by atoms with E-state index in [4.69, 9.17) is 4.74 Å². The molecule has 0 spiro atoms. The molecule has 0 radical (unpaired) electrons. The predicted molar refractivity (Wildman–Crippen MR) is 118 cm³/mol. The Morgan fingerprint density at radius 2 is 1.83 bits per heavy atom. The van der Waals surface area contributed by atoms with Crippen LogP contribution in [0.15, 0.2) is 36.4 Å². The lowest BCUT2D eigenvalue weighted by Gasteiger charge is -2.49. The van der Waals surface area contributed by atoms with Crippen LogP contribution in [0, 0.1) is 5.92 Å². The van der Waals surface area contributed by atoms with Gasteiger partial charge in [-0.1, -0.05) is 18.2 Å². The number of carbonyl (C=O) groups excluding carboxylic acids is 1. The summed E-state index contributed by atoms with van der Waals surface area (Å²) in [5.41, 5.74) is 2.44. The molecule has 154 valence electrons. The summed E-state index contributed by atoms with van der Waals surface area (Å²) >= 11 is 1.60. The number of rotatable bonds is 4. The highest BCUT2D eigenvalue weighted by Crippen LogP contribution is 2.36. The van der Waals surface area contributed by atoms with Crippen molar-refractivity contribution in [2.75, 3.05) is 44.3 Å². The molecule has 1 amide bonds. The van der Waals surface area contributed by atoms with Gasteiger partial charge in [-0.05, 0) is 57.0 Å². The molecule has 4 aliphatic heterocycles. The molecule has 1 aromatic heterocycles. The molecule has 4 aliphatic rings. The van der Waals surface area contributed by atoms with E-state index in [1.807, 2.05) is 6.07 Å². The van der Waals surface area contributed by atoms with Crippen LogP contribution in [0.25, 0.3) is 10.4 Å². The van der Waals surface area contributed by atoms with Gasteiger partial charge < -0.3 is 15.0 Å². The second-order valence-corrected chi connectivity index (χ2v) is 9.48. The molecule has 1 N–H and O–H groups in total. The highest BCUT2D eigenvalue weighted by Gasteiger charge is 2.40. The van der Waals surface area contributed by atoms with Gasteiger partial charge in [0, 0.05) is 41.3 Å². The van der Waals surface area contributed by atoms with Crippen LogP contribution in [0.5, 0.6) is 0 Å². The molecule has 4 fully saturated rings. The molecule has 5 heterocycles. The monoisotopic (exact) mass is 411 g/mol. The standard InChI is InChI=1S/C23H29N3O2S/c1-16-22(17-8-10-25(16)11-9-17)24-23(27)21-7-6-20(29-21)18-4-2-3-5-19(18)26-12-14-28-15-13-26/h2-7,16-17,22H,8-15H2,1H3,(H,24,27)/t16-,22-/m0/s1. The average Bonchev–Trinajstić information content (AvgIpc) is 3.27. The lowest BCUT2D eigenvalue weighted by Crippen LogP contribution is -2.62. The second-order valence-electron chi connectivity index (χ2n) is 8.39. The summed E-state index contributed by atoms with van der Waals surface area (Å²) in [7, 11) is 0. The molecular weight excluding hydrogens is 382 g/mol. The van der Waals surface area contributed by atoms with Crippen LogP contribution in [0.1, 0.15) is 29.4 Å². The number of piperidine rings is 3. The number of thiophene rings is 1. The molecule has 0 unspecified atom stereocenters. The van der Waals surface area contributed by atoms with E-state index in [-0.39, 0.29) is 11.9 Å². The summed E-state index contributed by atoms with van der Waals surface area (Å²) in [4.78, 5) is 19.9. The number of fused-ring (bicyclic) bond motifs is 3. The maximum Gasteiger partial charge on any atom is 0.261 e. The Bertz CT molecular complexity index is 867. The van der Waals surface area contributed by atoms with Gasteiger partial charge in [0.15, 0.2) is 0 Å². The van der Waals surface area contributed by atoms with Gasteiger partial charge in [-0.2, -0.15) is 0 Å². The minimum Gasteiger partial charge on any atom is -0.378 e. The molecule has 2 bridgehead atoms. The summed E-state index contributed by atoms with van der Waals surface area (Å²) < 4.78 is 5.51. The van der Waals surface area contributed by atoms with E-state index < -0.39 is 0 Å². The maximum atomic E-state index is 13.0. The maximum absolute atomic E-state index is 13.0. The van der Waals surface area contributed by atoms with Crippen molar-refractivity contribution in [2.45, 2.75) is 31.8 Å². The van der Waals surface area contributed by atoms with Crippen molar-refractivity contribution in [1.29, 1.82) is 0 Å². The van der Waals surface area contributed by atoms with Gasteiger partial charge in [-0.15, -0.1) is 11.3 Å². The van der Waals surface area contributed by atoms with Gasteiger partial charge in [0.05, 0.1) is 18.1 Å². The number of ether oxygens (including phenoxy) is 1. The Kier molecular flexibility index (Phi) is 5.33. The second kappa shape index (κ2) is 8.09. The number of benzene rings is 1. The molecule has 2 aromatic rings. The minimum absolute atomic E-state index is 0.0794. The Balaban J connectivity index is 1.34. The number of carbonyl (C=O) groups is 1. The summed E-state index contributed by atoms with van der Waals surface area (Å²) in [6.45, 7) is 7.98. The Labute approximate surface area is 176 Å². The quantitative estimate of drug-likeness (QED) is 0.837. The lowest BCUT2D eigenvalue weighted by atomic mass is 9.79. The van der Waals surface area contributed by atoms with Gasteiger partial charge in [0.1, 0.15) is 0 Å². The van der Waals surface area contributed by atoms with Crippen LogP contribution in [-0.2, 0) is 4.74 Å². The van der Waals surface area contributed by atoms with Crippen LogP contribution < -0.4 is 10.2 Å². The first-order valence-electron chi connectivity index (χ1n) is 10.8. The Morgan fingerprint density at radius 1 is 1.07 bits per heavy atom. The first-order chi connectivity index (χ1) is 14.2. The zero-order valence-electron chi connectivity index (χ0n) is 17.0. The van der Waals surface area contributed by atoms with Crippen molar-refractivity contribution < 1.29 is 9.53 Å². The van der Waals surface area contributed by atoms with Crippen molar-refractivity contribution >= 4 is 22.9 Å². The summed E-state index contributed by atoms with van der Waals surface area (Å²) in [6.07, 6.45) is 2.41. The van der Waals surface area contributed by atoms with Crippen LogP contribution in [0.3, 0.4) is 0 Å². The fourth-order valence-corrected chi connectivity index (χ4v) is 6.08. The summed E-state index contributed by atoms with van der Waals surface area (Å²) in [5.74, 6) is 0.705. The van der Waals surface area contributed by atoms with Crippen LogP contribution in [0.4, 0.5) is 5.69 Å². The van der Waals surface area contributed by atoms with E-state index in [2.05, 4.69) is 52.4 Å². The molecule has 0 aliphatic carbocycles. The lowest BCUT2D eigenvalue weighted by molar-refractivity contribution is 0.0218. The molecule has 6 rings (SSSR count). The molecular formula is C23H29N3O2S. The van der Waals surface area contributed by atoms with Crippen LogP contribution >= 0.6 is 11.3 Å². The highest BCUT2D eigenvalue weighted by molar-refractivity contribution is 7.17. The first-order valence-corrected chi connectivity index (χ1v) is 11.6. The summed E-state index contributed by atoms with van der Waals surface area (Å²) in [6, 6.07) is 13.3. The summed E-state index contributed by atoms with van der Waals surface area (Å²) in [5, 5.41) is 3.36. The van der Waals surface area contributed by atoms with E-state index in [9.17, 15) is 4.79 Å². The average molecular weight is 412 g/mol. The third-order valence-corrected chi connectivity index (χ3v) is 7.94. The largest absolute Gasteiger partial charge is 0.378 e. The number of hydrogen-bond acceptors (Lipinski definition) is 5. The Morgan fingerprint density at radius 3 is 2.59 bits per heavy atom. The van der Waals surface area contributed by atoms with Crippen LogP contribution in [-0.4, -0.2) is 62.3 Å². The molecule has 5 nitrogen and oxygen atoms in total. The number of anilines is 1. The molecule has 1 aromatic carbocycles. The van der Waals surface area contributed by atoms with Gasteiger partial charge in [-0.3, -0.25) is 9.69 Å². The van der Waals surface area contributed by atoms with E-state index in [0.29, 0.717) is 12.0 Å². The number of hydrogen-bond donors (Lipinski definition) is 1. The highest BCUT2D eigenvalue weighted by atomic mass is 32.1. The fraction of sp³-hybridized carbons (Fsp3) is 0.522. The third kappa shape index (κ3) is 3.69.